The van der Waals surface area contributed by atoms with E-state index in [1.54, 1.807) is 30.3 Å². The fourth-order valence-electron chi connectivity index (χ4n) is 4.69. The first kappa shape index (κ1) is 25.5. The molecule has 2 aromatic carbocycles. The van der Waals surface area contributed by atoms with Crippen LogP contribution in [0, 0.1) is 6.92 Å². The van der Waals surface area contributed by atoms with Gasteiger partial charge >= 0.3 is 5.97 Å². The van der Waals surface area contributed by atoms with Crippen molar-refractivity contribution in [3.63, 3.8) is 0 Å². The molecule has 1 N–H and O–H groups in total. The molecule has 6 heteroatoms. The summed E-state index contributed by atoms with van der Waals surface area (Å²) >= 11 is 0. The van der Waals surface area contributed by atoms with Gasteiger partial charge in [0.05, 0.1) is 18.8 Å². The van der Waals surface area contributed by atoms with Crippen molar-refractivity contribution in [3.8, 4) is 5.75 Å². The molecule has 4 rings (SSSR count). The number of carbonyl (C=O) groups excluding carboxylic acids is 2. The molecule has 6 nitrogen and oxygen atoms in total. The van der Waals surface area contributed by atoms with Crippen LogP contribution in [0.25, 0.3) is 16.5 Å². The van der Waals surface area contributed by atoms with Crippen molar-refractivity contribution >= 4 is 34.1 Å². The Morgan fingerprint density at radius 2 is 1.86 bits per heavy atom. The number of furan rings is 1. The number of aryl methyl sites for hydroxylation is 3. The summed E-state index contributed by atoms with van der Waals surface area (Å²) in [6, 6.07) is 8.84. The second kappa shape index (κ2) is 11.5. The number of unbranched alkanes of at least 4 members (excludes halogenated alkanes) is 1. The average Bonchev–Trinajstić information content (AvgIpc) is 3.25. The number of anilines is 1. The van der Waals surface area contributed by atoms with Crippen molar-refractivity contribution in [1.29, 1.82) is 0 Å². The standard InChI is InChI=1S/C30H35NO5/c1-5-7-16-35-30(33)21-12-14-22(15-13-21)31-27(32)17-19(3)24-18-25-23-10-8-9-11-26(23)36-29(25)20(4)28(24)34-6-2/h12-15,17-18H,5-11,16H2,1-4H3,(H,31,32)/b19-17+. The van der Waals surface area contributed by atoms with Crippen LogP contribution in [0.1, 0.15) is 79.3 Å². The number of amides is 1. The first-order valence-corrected chi connectivity index (χ1v) is 12.9. The van der Waals surface area contributed by atoms with E-state index in [1.807, 2.05) is 27.7 Å². The summed E-state index contributed by atoms with van der Waals surface area (Å²) in [5, 5.41) is 4.00. The second-order valence-corrected chi connectivity index (χ2v) is 9.28. The van der Waals surface area contributed by atoms with Gasteiger partial charge < -0.3 is 19.2 Å². The predicted octanol–water partition coefficient (Wildman–Crippen LogP) is 7.02. The smallest absolute Gasteiger partial charge is 0.338 e. The molecule has 0 saturated carbocycles. The third-order valence-corrected chi connectivity index (χ3v) is 6.61. The van der Waals surface area contributed by atoms with Gasteiger partial charge in [0.15, 0.2) is 0 Å². The number of esters is 1. The van der Waals surface area contributed by atoms with E-state index in [0.717, 1.165) is 77.7 Å². The molecule has 190 valence electrons. The monoisotopic (exact) mass is 489 g/mol. The molecule has 0 saturated heterocycles. The maximum atomic E-state index is 12.9. The third-order valence-electron chi connectivity index (χ3n) is 6.61. The molecule has 0 bridgehead atoms. The van der Waals surface area contributed by atoms with Gasteiger partial charge in [-0.1, -0.05) is 13.3 Å². The minimum Gasteiger partial charge on any atom is -0.493 e. The largest absolute Gasteiger partial charge is 0.493 e. The minimum absolute atomic E-state index is 0.250. The van der Waals surface area contributed by atoms with Gasteiger partial charge in [-0.25, -0.2) is 4.79 Å². The Balaban J connectivity index is 1.55. The number of hydrogen-bond acceptors (Lipinski definition) is 5. The first-order chi connectivity index (χ1) is 17.4. The number of ether oxygens (including phenoxy) is 2. The van der Waals surface area contributed by atoms with Crippen LogP contribution in [-0.4, -0.2) is 25.1 Å². The van der Waals surface area contributed by atoms with E-state index < -0.39 is 0 Å². The Bertz CT molecular complexity index is 1280. The lowest BCUT2D eigenvalue weighted by molar-refractivity contribution is -0.111. The summed E-state index contributed by atoms with van der Waals surface area (Å²) in [6.45, 7) is 8.87. The highest BCUT2D eigenvalue weighted by atomic mass is 16.5. The van der Waals surface area contributed by atoms with Crippen molar-refractivity contribution in [3.05, 3.63) is 64.4 Å². The van der Waals surface area contributed by atoms with Crippen LogP contribution in [0.2, 0.25) is 0 Å². The molecule has 0 fully saturated rings. The number of benzene rings is 2. The second-order valence-electron chi connectivity index (χ2n) is 9.28. The van der Waals surface area contributed by atoms with Crippen molar-refractivity contribution in [2.45, 2.75) is 66.2 Å². The number of carbonyl (C=O) groups is 2. The highest BCUT2D eigenvalue weighted by Gasteiger charge is 2.23. The van der Waals surface area contributed by atoms with Crippen LogP contribution < -0.4 is 10.1 Å². The summed E-state index contributed by atoms with van der Waals surface area (Å²) in [4.78, 5) is 24.9. The number of nitrogens with one attached hydrogen (secondary N) is 1. The molecule has 1 aliphatic carbocycles. The van der Waals surface area contributed by atoms with Gasteiger partial charge in [0.1, 0.15) is 17.1 Å². The highest BCUT2D eigenvalue weighted by molar-refractivity contribution is 6.05. The first-order valence-electron chi connectivity index (χ1n) is 12.9. The summed E-state index contributed by atoms with van der Waals surface area (Å²) in [7, 11) is 0. The fraction of sp³-hybridized carbons (Fsp3) is 0.400. The van der Waals surface area contributed by atoms with Crippen LogP contribution in [0.5, 0.6) is 5.75 Å². The van der Waals surface area contributed by atoms with E-state index in [4.69, 9.17) is 13.9 Å². The van der Waals surface area contributed by atoms with E-state index >= 15 is 0 Å². The molecule has 3 aromatic rings. The SMILES string of the molecule is CCCCOC(=O)c1ccc(NC(=O)/C=C(\C)c2cc3c4c(oc3c(C)c2OCC)CCCC4)cc1. The predicted molar refractivity (Wildman–Crippen MR) is 143 cm³/mol. The quantitative estimate of drug-likeness (QED) is 0.199. The van der Waals surface area contributed by atoms with Crippen LogP contribution in [0.4, 0.5) is 5.69 Å². The molecule has 0 unspecified atom stereocenters. The van der Waals surface area contributed by atoms with Gasteiger partial charge in [-0.2, -0.15) is 0 Å². The van der Waals surface area contributed by atoms with Gasteiger partial charge in [0, 0.05) is 40.3 Å². The zero-order valence-corrected chi connectivity index (χ0v) is 21.7. The van der Waals surface area contributed by atoms with Gasteiger partial charge in [-0.3, -0.25) is 4.79 Å². The summed E-state index contributed by atoms with van der Waals surface area (Å²) in [6.07, 6.45) is 7.69. The topological polar surface area (TPSA) is 77.8 Å². The molecule has 1 aliphatic rings. The van der Waals surface area contributed by atoms with Crippen molar-refractivity contribution in [2.75, 3.05) is 18.5 Å². The Kier molecular flexibility index (Phi) is 8.14. The Morgan fingerprint density at radius 1 is 1.11 bits per heavy atom. The molecular formula is C30H35NO5. The molecule has 1 heterocycles. The lowest BCUT2D eigenvalue weighted by Gasteiger charge is -2.15. The molecule has 0 radical (unpaired) electrons. The molecule has 0 aliphatic heterocycles. The van der Waals surface area contributed by atoms with Gasteiger partial charge in [-0.05, 0) is 82.4 Å². The number of hydrogen-bond donors (Lipinski definition) is 1. The number of rotatable bonds is 9. The van der Waals surface area contributed by atoms with Crippen LogP contribution in [-0.2, 0) is 22.4 Å². The maximum absolute atomic E-state index is 12.9. The lowest BCUT2D eigenvalue weighted by Crippen LogP contribution is -2.10. The zero-order chi connectivity index (χ0) is 25.7. The maximum Gasteiger partial charge on any atom is 0.338 e. The van der Waals surface area contributed by atoms with E-state index in [-0.39, 0.29) is 11.9 Å². The fourth-order valence-corrected chi connectivity index (χ4v) is 4.69. The van der Waals surface area contributed by atoms with Crippen LogP contribution in [0.3, 0.4) is 0 Å². The number of allylic oxidation sites excluding steroid dienone is 1. The molecule has 1 amide bonds. The van der Waals surface area contributed by atoms with Gasteiger partial charge in [0.25, 0.3) is 0 Å². The van der Waals surface area contributed by atoms with Crippen molar-refractivity contribution in [1.82, 2.24) is 0 Å². The van der Waals surface area contributed by atoms with E-state index in [0.29, 0.717) is 24.5 Å². The summed E-state index contributed by atoms with van der Waals surface area (Å²) < 4.78 is 17.5. The van der Waals surface area contributed by atoms with Gasteiger partial charge in [0.2, 0.25) is 5.91 Å². The lowest BCUT2D eigenvalue weighted by atomic mass is 9.93. The summed E-state index contributed by atoms with van der Waals surface area (Å²) in [5.41, 5.74) is 5.92. The van der Waals surface area contributed by atoms with Crippen LogP contribution >= 0.6 is 0 Å². The van der Waals surface area contributed by atoms with Crippen molar-refractivity contribution < 1.29 is 23.5 Å². The van der Waals surface area contributed by atoms with Crippen molar-refractivity contribution in [2.24, 2.45) is 0 Å². The Labute approximate surface area is 212 Å². The Morgan fingerprint density at radius 3 is 2.58 bits per heavy atom. The third kappa shape index (κ3) is 5.48. The minimum atomic E-state index is -0.354. The van der Waals surface area contributed by atoms with Gasteiger partial charge in [-0.15, -0.1) is 0 Å². The Hall–Kier alpha value is -3.54. The highest BCUT2D eigenvalue weighted by Crippen LogP contribution is 2.41. The number of fused-ring (bicyclic) bond motifs is 3. The molecule has 0 atom stereocenters. The van der Waals surface area contributed by atoms with E-state index in [1.165, 1.54) is 5.56 Å². The normalized spacial score (nSPS) is 13.4. The molecule has 36 heavy (non-hydrogen) atoms. The van der Waals surface area contributed by atoms with E-state index in [9.17, 15) is 9.59 Å². The zero-order valence-electron chi connectivity index (χ0n) is 21.7. The average molecular weight is 490 g/mol. The van der Waals surface area contributed by atoms with E-state index in [2.05, 4.69) is 11.4 Å². The summed E-state index contributed by atoms with van der Waals surface area (Å²) in [5.74, 6) is 1.23. The molecular weight excluding hydrogens is 454 g/mol. The van der Waals surface area contributed by atoms with Crippen LogP contribution in [0.15, 0.2) is 40.8 Å². The molecule has 1 aromatic heterocycles. The molecule has 0 spiro atoms.